The van der Waals surface area contributed by atoms with E-state index in [1.54, 1.807) is 6.92 Å². The molecule has 1 aliphatic rings. The number of aliphatic carboxylic acids is 1. The highest BCUT2D eigenvalue weighted by molar-refractivity contribution is 5.96. The molecular formula is C13H13N3O3. The van der Waals surface area contributed by atoms with Gasteiger partial charge < -0.3 is 10.4 Å². The smallest absolute Gasteiger partial charge is 0.329 e. The zero-order valence-corrected chi connectivity index (χ0v) is 10.4. The molecular weight excluding hydrogens is 246 g/mol. The van der Waals surface area contributed by atoms with Crippen LogP contribution in [0.25, 0.3) is 0 Å². The van der Waals surface area contributed by atoms with Gasteiger partial charge in [0.15, 0.2) is 0 Å². The van der Waals surface area contributed by atoms with Gasteiger partial charge in [0, 0.05) is 0 Å². The van der Waals surface area contributed by atoms with E-state index in [4.69, 9.17) is 10.4 Å². The summed E-state index contributed by atoms with van der Waals surface area (Å²) in [5, 5.41) is 20.5. The summed E-state index contributed by atoms with van der Waals surface area (Å²) in [5.41, 5.74) is -0.175. The van der Waals surface area contributed by atoms with Crippen LogP contribution in [-0.2, 0) is 4.79 Å². The fourth-order valence-corrected chi connectivity index (χ4v) is 2.01. The van der Waals surface area contributed by atoms with Gasteiger partial charge in [0.25, 0.3) is 5.91 Å². The Labute approximate surface area is 110 Å². The molecule has 0 saturated heterocycles. The number of carbonyl (C=O) groups excluding carboxylic acids is 1. The average Bonchev–Trinajstić information content (AvgIpc) is 2.32. The first-order valence-corrected chi connectivity index (χ1v) is 5.92. The lowest BCUT2D eigenvalue weighted by Gasteiger charge is -2.38. The van der Waals surface area contributed by atoms with E-state index in [0.29, 0.717) is 24.1 Å². The molecule has 1 heterocycles. The molecule has 2 N–H and O–H groups in total. The molecule has 0 atom stereocenters. The van der Waals surface area contributed by atoms with E-state index in [0.717, 1.165) is 6.42 Å². The van der Waals surface area contributed by atoms with Crippen molar-refractivity contribution in [1.82, 2.24) is 10.3 Å². The maximum Gasteiger partial charge on any atom is 0.329 e. The second kappa shape index (κ2) is 4.69. The van der Waals surface area contributed by atoms with Crippen LogP contribution in [0.5, 0.6) is 0 Å². The van der Waals surface area contributed by atoms with Gasteiger partial charge in [-0.05, 0) is 38.3 Å². The molecule has 1 saturated carbocycles. The van der Waals surface area contributed by atoms with Crippen molar-refractivity contribution < 1.29 is 14.7 Å². The SMILES string of the molecule is Cc1nc(C(=O)NC2(C(=O)O)CCC2)ccc1C#N. The van der Waals surface area contributed by atoms with Crippen LogP contribution in [0.15, 0.2) is 12.1 Å². The van der Waals surface area contributed by atoms with E-state index >= 15 is 0 Å². The van der Waals surface area contributed by atoms with Crippen molar-refractivity contribution in [3.63, 3.8) is 0 Å². The Bertz CT molecular complexity index is 585. The van der Waals surface area contributed by atoms with Crippen molar-refractivity contribution in [1.29, 1.82) is 5.26 Å². The summed E-state index contributed by atoms with van der Waals surface area (Å²) in [4.78, 5) is 27.2. The molecule has 6 nitrogen and oxygen atoms in total. The summed E-state index contributed by atoms with van der Waals surface area (Å²) in [5.74, 6) is -1.54. The number of amides is 1. The number of carboxylic acid groups (broad SMARTS) is 1. The van der Waals surface area contributed by atoms with Crippen molar-refractivity contribution in [3.05, 3.63) is 29.1 Å². The predicted octanol–water partition coefficient (Wildman–Crippen LogP) is 0.999. The summed E-state index contributed by atoms with van der Waals surface area (Å²) in [7, 11) is 0. The number of rotatable bonds is 3. The molecule has 0 unspecified atom stereocenters. The lowest BCUT2D eigenvalue weighted by atomic mass is 9.76. The first-order chi connectivity index (χ1) is 8.98. The molecule has 0 aromatic carbocycles. The van der Waals surface area contributed by atoms with Crippen molar-refractivity contribution in [2.24, 2.45) is 0 Å². The fraction of sp³-hybridized carbons (Fsp3) is 0.385. The Kier molecular flexibility index (Phi) is 3.21. The molecule has 6 heteroatoms. The fourth-order valence-electron chi connectivity index (χ4n) is 2.01. The maximum absolute atomic E-state index is 12.0. The number of hydrogen-bond acceptors (Lipinski definition) is 4. The van der Waals surface area contributed by atoms with Crippen LogP contribution < -0.4 is 5.32 Å². The summed E-state index contributed by atoms with van der Waals surface area (Å²) in [6.45, 7) is 1.63. The molecule has 1 aliphatic carbocycles. The first-order valence-electron chi connectivity index (χ1n) is 5.92. The monoisotopic (exact) mass is 259 g/mol. The minimum atomic E-state index is -1.15. The van der Waals surface area contributed by atoms with E-state index in [-0.39, 0.29) is 5.69 Å². The molecule has 0 aliphatic heterocycles. The van der Waals surface area contributed by atoms with Crippen LogP contribution in [0.2, 0.25) is 0 Å². The summed E-state index contributed by atoms with van der Waals surface area (Å²) < 4.78 is 0. The maximum atomic E-state index is 12.0. The molecule has 0 radical (unpaired) electrons. The summed E-state index contributed by atoms with van der Waals surface area (Å²) in [6, 6.07) is 4.89. The predicted molar refractivity (Wildman–Crippen MR) is 65.4 cm³/mol. The highest BCUT2D eigenvalue weighted by atomic mass is 16.4. The van der Waals surface area contributed by atoms with E-state index < -0.39 is 17.4 Å². The van der Waals surface area contributed by atoms with Crippen LogP contribution in [0.1, 0.15) is 41.0 Å². The third kappa shape index (κ3) is 2.27. The topological polar surface area (TPSA) is 103 Å². The number of carbonyl (C=O) groups is 2. The largest absolute Gasteiger partial charge is 0.480 e. The zero-order valence-electron chi connectivity index (χ0n) is 10.4. The normalized spacial score (nSPS) is 16.0. The molecule has 1 aromatic heterocycles. The number of hydrogen-bond donors (Lipinski definition) is 2. The lowest BCUT2D eigenvalue weighted by molar-refractivity contribution is -0.148. The highest BCUT2D eigenvalue weighted by Gasteiger charge is 2.45. The third-order valence-corrected chi connectivity index (χ3v) is 3.41. The minimum absolute atomic E-state index is 0.129. The molecule has 19 heavy (non-hydrogen) atoms. The third-order valence-electron chi connectivity index (χ3n) is 3.41. The van der Waals surface area contributed by atoms with Crippen LogP contribution in [-0.4, -0.2) is 27.5 Å². The number of carboxylic acids is 1. The summed E-state index contributed by atoms with van der Waals surface area (Å²) in [6.07, 6.45) is 1.65. The molecule has 0 bridgehead atoms. The number of nitrogens with zero attached hydrogens (tertiary/aromatic N) is 2. The standard InChI is InChI=1S/C13H13N3O3/c1-8-9(7-14)3-4-10(15-8)11(17)16-13(12(18)19)5-2-6-13/h3-4H,2,5-6H2,1H3,(H,16,17)(H,18,19). The van der Waals surface area contributed by atoms with Crippen molar-refractivity contribution >= 4 is 11.9 Å². The summed E-state index contributed by atoms with van der Waals surface area (Å²) >= 11 is 0. The quantitative estimate of drug-likeness (QED) is 0.842. The molecule has 1 amide bonds. The van der Waals surface area contributed by atoms with Crippen LogP contribution in [0.3, 0.4) is 0 Å². The van der Waals surface area contributed by atoms with Gasteiger partial charge in [0.1, 0.15) is 17.3 Å². The van der Waals surface area contributed by atoms with Crippen LogP contribution >= 0.6 is 0 Å². The van der Waals surface area contributed by atoms with E-state index in [2.05, 4.69) is 10.3 Å². The van der Waals surface area contributed by atoms with Gasteiger partial charge in [-0.2, -0.15) is 5.26 Å². The van der Waals surface area contributed by atoms with Gasteiger partial charge in [-0.25, -0.2) is 9.78 Å². The van der Waals surface area contributed by atoms with Gasteiger partial charge in [-0.1, -0.05) is 0 Å². The minimum Gasteiger partial charge on any atom is -0.480 e. The molecule has 1 aromatic rings. The number of aryl methyl sites for hydroxylation is 1. The van der Waals surface area contributed by atoms with Crippen molar-refractivity contribution in [3.8, 4) is 6.07 Å². The zero-order chi connectivity index (χ0) is 14.0. The van der Waals surface area contributed by atoms with Crippen LogP contribution in [0, 0.1) is 18.3 Å². The van der Waals surface area contributed by atoms with E-state index in [1.807, 2.05) is 6.07 Å². The van der Waals surface area contributed by atoms with Gasteiger partial charge >= 0.3 is 5.97 Å². The Morgan fingerprint density at radius 3 is 2.58 bits per heavy atom. The number of pyridine rings is 1. The van der Waals surface area contributed by atoms with Crippen molar-refractivity contribution in [2.45, 2.75) is 31.7 Å². The molecule has 2 rings (SSSR count). The first kappa shape index (κ1) is 13.0. The number of nitriles is 1. The Hall–Kier alpha value is -2.42. The van der Waals surface area contributed by atoms with E-state index in [9.17, 15) is 9.59 Å². The van der Waals surface area contributed by atoms with Gasteiger partial charge in [-0.15, -0.1) is 0 Å². The molecule has 0 spiro atoms. The number of nitrogens with one attached hydrogen (secondary N) is 1. The Balaban J connectivity index is 2.19. The lowest BCUT2D eigenvalue weighted by Crippen LogP contribution is -2.59. The second-order valence-electron chi connectivity index (χ2n) is 4.64. The van der Waals surface area contributed by atoms with Gasteiger partial charge in [-0.3, -0.25) is 4.79 Å². The average molecular weight is 259 g/mol. The van der Waals surface area contributed by atoms with Crippen LogP contribution in [0.4, 0.5) is 0 Å². The molecule has 98 valence electrons. The Morgan fingerprint density at radius 1 is 1.47 bits per heavy atom. The van der Waals surface area contributed by atoms with E-state index in [1.165, 1.54) is 12.1 Å². The Morgan fingerprint density at radius 2 is 2.16 bits per heavy atom. The molecule has 1 fully saturated rings. The van der Waals surface area contributed by atoms with Gasteiger partial charge in [0.05, 0.1) is 11.3 Å². The van der Waals surface area contributed by atoms with Crippen molar-refractivity contribution in [2.75, 3.05) is 0 Å². The highest BCUT2D eigenvalue weighted by Crippen LogP contribution is 2.32. The number of aromatic nitrogens is 1. The van der Waals surface area contributed by atoms with Gasteiger partial charge in [0.2, 0.25) is 0 Å². The second-order valence-corrected chi connectivity index (χ2v) is 4.64.